The second-order valence-corrected chi connectivity index (χ2v) is 6.25. The molecule has 20 heavy (non-hydrogen) atoms. The fraction of sp³-hybridized carbons (Fsp3) is 0.667. The van der Waals surface area contributed by atoms with Gasteiger partial charge in [0.2, 0.25) is 0 Å². The van der Waals surface area contributed by atoms with Crippen LogP contribution in [-0.4, -0.2) is 30.1 Å². The van der Waals surface area contributed by atoms with Gasteiger partial charge in [0.1, 0.15) is 0 Å². The highest BCUT2D eigenvalue weighted by molar-refractivity contribution is 5.26. The molecule has 1 saturated heterocycles. The Morgan fingerprint density at radius 2 is 1.85 bits per heavy atom. The van der Waals surface area contributed by atoms with E-state index in [2.05, 4.69) is 68.2 Å². The number of rotatable bonds is 5. The number of piperazine rings is 1. The average molecular weight is 274 g/mol. The third kappa shape index (κ3) is 2.91. The lowest BCUT2D eigenvalue weighted by molar-refractivity contribution is 0.00586. The summed E-state index contributed by atoms with van der Waals surface area (Å²) in [6.45, 7) is 11.5. The molecule has 2 heteroatoms. The molecule has 0 bridgehead atoms. The molecule has 0 aliphatic carbocycles. The molecule has 0 spiro atoms. The largest absolute Gasteiger partial charge is 0.311 e. The summed E-state index contributed by atoms with van der Waals surface area (Å²) < 4.78 is 0. The SMILES string of the molecule is CCC1CN(C(CC)CC)C(C)(c2ccccc2)CN1. The molecule has 112 valence electrons. The number of benzene rings is 1. The van der Waals surface area contributed by atoms with E-state index in [1.165, 1.54) is 24.8 Å². The van der Waals surface area contributed by atoms with Crippen LogP contribution in [0.3, 0.4) is 0 Å². The smallest absolute Gasteiger partial charge is 0.0560 e. The molecular weight excluding hydrogens is 244 g/mol. The summed E-state index contributed by atoms with van der Waals surface area (Å²) in [4.78, 5) is 2.76. The minimum absolute atomic E-state index is 0.115. The van der Waals surface area contributed by atoms with Crippen LogP contribution in [0, 0.1) is 0 Å². The van der Waals surface area contributed by atoms with Crippen LogP contribution < -0.4 is 5.32 Å². The van der Waals surface area contributed by atoms with E-state index in [1.807, 2.05) is 0 Å². The summed E-state index contributed by atoms with van der Waals surface area (Å²) in [5, 5.41) is 3.75. The number of hydrogen-bond acceptors (Lipinski definition) is 2. The Bertz CT molecular complexity index is 399. The van der Waals surface area contributed by atoms with Crippen molar-refractivity contribution in [2.75, 3.05) is 13.1 Å². The molecule has 1 aromatic carbocycles. The molecule has 1 heterocycles. The fourth-order valence-corrected chi connectivity index (χ4v) is 3.57. The Labute approximate surface area is 124 Å². The van der Waals surface area contributed by atoms with E-state index in [0.717, 1.165) is 13.1 Å². The molecule has 0 radical (unpaired) electrons. The monoisotopic (exact) mass is 274 g/mol. The lowest BCUT2D eigenvalue weighted by Gasteiger charge is -2.51. The summed E-state index contributed by atoms with van der Waals surface area (Å²) in [6, 6.07) is 12.3. The highest BCUT2D eigenvalue weighted by Gasteiger charge is 2.41. The quantitative estimate of drug-likeness (QED) is 0.879. The maximum Gasteiger partial charge on any atom is 0.0560 e. The Morgan fingerprint density at radius 3 is 2.40 bits per heavy atom. The maximum absolute atomic E-state index is 3.75. The van der Waals surface area contributed by atoms with Crippen molar-refractivity contribution in [3.63, 3.8) is 0 Å². The molecular formula is C18H30N2. The summed E-state index contributed by atoms with van der Waals surface area (Å²) in [7, 11) is 0. The zero-order valence-corrected chi connectivity index (χ0v) is 13.5. The molecule has 2 unspecified atom stereocenters. The van der Waals surface area contributed by atoms with E-state index in [9.17, 15) is 0 Å². The van der Waals surface area contributed by atoms with Crippen LogP contribution in [-0.2, 0) is 5.54 Å². The van der Waals surface area contributed by atoms with Crippen LogP contribution in [0.15, 0.2) is 30.3 Å². The molecule has 1 aliphatic rings. The summed E-state index contributed by atoms with van der Waals surface area (Å²) in [6.07, 6.45) is 3.67. The van der Waals surface area contributed by atoms with E-state index in [0.29, 0.717) is 12.1 Å². The molecule has 0 aromatic heterocycles. The zero-order valence-electron chi connectivity index (χ0n) is 13.5. The van der Waals surface area contributed by atoms with Crippen LogP contribution in [0.2, 0.25) is 0 Å². The standard InChI is InChI=1S/C18H30N2/c1-5-16-13-20(17(6-2)7-3)18(4,14-19-16)15-11-9-8-10-12-15/h8-12,16-17,19H,5-7,13-14H2,1-4H3. The van der Waals surface area contributed by atoms with E-state index in [1.54, 1.807) is 0 Å². The van der Waals surface area contributed by atoms with Crippen molar-refractivity contribution in [2.45, 2.75) is 64.6 Å². The fourth-order valence-electron chi connectivity index (χ4n) is 3.57. The first-order valence-corrected chi connectivity index (χ1v) is 8.21. The Kier molecular flexibility index (Phi) is 5.22. The molecule has 2 nitrogen and oxygen atoms in total. The van der Waals surface area contributed by atoms with Gasteiger partial charge in [-0.25, -0.2) is 0 Å². The zero-order chi connectivity index (χ0) is 14.6. The van der Waals surface area contributed by atoms with E-state index >= 15 is 0 Å². The topological polar surface area (TPSA) is 15.3 Å². The van der Waals surface area contributed by atoms with Crippen molar-refractivity contribution in [3.05, 3.63) is 35.9 Å². The van der Waals surface area contributed by atoms with Gasteiger partial charge in [-0.3, -0.25) is 4.90 Å². The van der Waals surface area contributed by atoms with Crippen molar-refractivity contribution in [2.24, 2.45) is 0 Å². The predicted octanol–water partition coefficient (Wildman–Crippen LogP) is 3.77. The third-order valence-corrected chi connectivity index (χ3v) is 5.06. The van der Waals surface area contributed by atoms with Gasteiger partial charge < -0.3 is 5.32 Å². The average Bonchev–Trinajstić information content (AvgIpc) is 2.51. The molecule has 2 atom stereocenters. The Balaban J connectivity index is 2.33. The van der Waals surface area contributed by atoms with E-state index in [-0.39, 0.29) is 5.54 Å². The van der Waals surface area contributed by atoms with Crippen molar-refractivity contribution >= 4 is 0 Å². The van der Waals surface area contributed by atoms with Crippen LogP contribution >= 0.6 is 0 Å². The highest BCUT2D eigenvalue weighted by atomic mass is 15.3. The van der Waals surface area contributed by atoms with Crippen LogP contribution in [0.1, 0.15) is 52.5 Å². The van der Waals surface area contributed by atoms with Crippen molar-refractivity contribution < 1.29 is 0 Å². The molecule has 1 fully saturated rings. The first-order valence-electron chi connectivity index (χ1n) is 8.21. The second-order valence-electron chi connectivity index (χ2n) is 6.25. The highest BCUT2D eigenvalue weighted by Crippen LogP contribution is 2.34. The summed E-state index contributed by atoms with van der Waals surface area (Å²) in [5.41, 5.74) is 1.55. The van der Waals surface area contributed by atoms with Gasteiger partial charge in [0.05, 0.1) is 5.54 Å². The van der Waals surface area contributed by atoms with Gasteiger partial charge >= 0.3 is 0 Å². The predicted molar refractivity (Wildman–Crippen MR) is 87.0 cm³/mol. The maximum atomic E-state index is 3.75. The lowest BCUT2D eigenvalue weighted by atomic mass is 9.84. The van der Waals surface area contributed by atoms with Gasteiger partial charge in [0.25, 0.3) is 0 Å². The van der Waals surface area contributed by atoms with E-state index < -0.39 is 0 Å². The van der Waals surface area contributed by atoms with Gasteiger partial charge in [0.15, 0.2) is 0 Å². The van der Waals surface area contributed by atoms with Crippen molar-refractivity contribution in [3.8, 4) is 0 Å². The minimum atomic E-state index is 0.115. The molecule has 1 aromatic rings. The number of nitrogens with zero attached hydrogens (tertiary/aromatic N) is 1. The molecule has 2 rings (SSSR count). The lowest BCUT2D eigenvalue weighted by Crippen LogP contribution is -2.63. The minimum Gasteiger partial charge on any atom is -0.311 e. The molecule has 0 saturated carbocycles. The van der Waals surface area contributed by atoms with Gasteiger partial charge in [-0.2, -0.15) is 0 Å². The molecule has 0 amide bonds. The normalized spacial score (nSPS) is 27.9. The van der Waals surface area contributed by atoms with Crippen LogP contribution in [0.5, 0.6) is 0 Å². The molecule has 1 N–H and O–H groups in total. The Hall–Kier alpha value is -0.860. The van der Waals surface area contributed by atoms with Crippen LogP contribution in [0.25, 0.3) is 0 Å². The van der Waals surface area contributed by atoms with Gasteiger partial charge in [0, 0.05) is 25.2 Å². The van der Waals surface area contributed by atoms with E-state index in [4.69, 9.17) is 0 Å². The first kappa shape index (κ1) is 15.5. The molecule has 1 aliphatic heterocycles. The van der Waals surface area contributed by atoms with Gasteiger partial charge in [-0.15, -0.1) is 0 Å². The summed E-state index contributed by atoms with van der Waals surface area (Å²) in [5.74, 6) is 0. The summed E-state index contributed by atoms with van der Waals surface area (Å²) >= 11 is 0. The van der Waals surface area contributed by atoms with Gasteiger partial charge in [-0.05, 0) is 31.7 Å². The third-order valence-electron chi connectivity index (χ3n) is 5.06. The Morgan fingerprint density at radius 1 is 1.20 bits per heavy atom. The van der Waals surface area contributed by atoms with Gasteiger partial charge in [-0.1, -0.05) is 51.1 Å². The number of hydrogen-bond donors (Lipinski definition) is 1. The first-order chi connectivity index (χ1) is 9.65. The number of nitrogens with one attached hydrogen (secondary N) is 1. The van der Waals surface area contributed by atoms with Crippen LogP contribution in [0.4, 0.5) is 0 Å². The van der Waals surface area contributed by atoms with Crippen molar-refractivity contribution in [1.82, 2.24) is 10.2 Å². The second kappa shape index (κ2) is 6.73. The van der Waals surface area contributed by atoms with Crippen molar-refractivity contribution in [1.29, 1.82) is 0 Å².